The highest BCUT2D eigenvalue weighted by atomic mass is 16.5. The van der Waals surface area contributed by atoms with Crippen molar-refractivity contribution < 1.29 is 4.74 Å². The van der Waals surface area contributed by atoms with Crippen LogP contribution in [0.15, 0.2) is 0 Å². The highest BCUT2D eigenvalue weighted by Gasteiger charge is 2.10. The van der Waals surface area contributed by atoms with Crippen molar-refractivity contribution in [1.82, 2.24) is 10.2 Å². The molecule has 1 N–H and O–H groups in total. The predicted molar refractivity (Wildman–Crippen MR) is 66.3 cm³/mol. The third kappa shape index (κ3) is 7.77. The molecule has 0 bridgehead atoms. The Kier molecular flexibility index (Phi) is 9.06. The van der Waals surface area contributed by atoms with Gasteiger partial charge in [0.05, 0.1) is 6.61 Å². The number of hydrogen-bond acceptors (Lipinski definition) is 3. The molecule has 0 fully saturated rings. The monoisotopic (exact) mass is 216 g/mol. The molecule has 0 spiro atoms. The molecule has 0 heterocycles. The minimum Gasteiger partial charge on any atom is -0.383 e. The van der Waals surface area contributed by atoms with Crippen LogP contribution in [-0.2, 0) is 4.74 Å². The van der Waals surface area contributed by atoms with Crippen LogP contribution in [0.4, 0.5) is 0 Å². The number of rotatable bonds is 9. The molecule has 0 radical (unpaired) electrons. The third-order valence-corrected chi connectivity index (χ3v) is 2.75. The Morgan fingerprint density at radius 3 is 2.33 bits per heavy atom. The van der Waals surface area contributed by atoms with Crippen LogP contribution in [0.5, 0.6) is 0 Å². The summed E-state index contributed by atoms with van der Waals surface area (Å²) < 4.78 is 5.13. The van der Waals surface area contributed by atoms with E-state index in [4.69, 9.17) is 4.74 Å². The van der Waals surface area contributed by atoms with E-state index < -0.39 is 0 Å². The van der Waals surface area contributed by atoms with Crippen LogP contribution >= 0.6 is 0 Å². The van der Waals surface area contributed by atoms with E-state index in [1.54, 1.807) is 7.11 Å². The fourth-order valence-electron chi connectivity index (χ4n) is 1.52. The van der Waals surface area contributed by atoms with E-state index in [1.807, 2.05) is 0 Å². The zero-order valence-corrected chi connectivity index (χ0v) is 11.0. The fourth-order valence-corrected chi connectivity index (χ4v) is 1.52. The van der Waals surface area contributed by atoms with Crippen molar-refractivity contribution >= 4 is 0 Å². The number of nitrogens with one attached hydrogen (secondary N) is 1. The lowest BCUT2D eigenvalue weighted by atomic mass is 10.2. The van der Waals surface area contributed by atoms with Gasteiger partial charge in [0.2, 0.25) is 0 Å². The summed E-state index contributed by atoms with van der Waals surface area (Å²) in [6, 6.07) is 1.22. The van der Waals surface area contributed by atoms with Crippen LogP contribution in [-0.4, -0.2) is 50.3 Å². The molecule has 0 aromatic heterocycles. The largest absolute Gasteiger partial charge is 0.383 e. The lowest BCUT2D eigenvalue weighted by molar-refractivity contribution is 0.123. The van der Waals surface area contributed by atoms with Crippen LogP contribution in [0.25, 0.3) is 0 Å². The predicted octanol–water partition coefficient (Wildman–Crippen LogP) is 1.73. The van der Waals surface area contributed by atoms with E-state index in [1.165, 1.54) is 6.42 Å². The first kappa shape index (κ1) is 14.9. The molecule has 0 rings (SSSR count). The van der Waals surface area contributed by atoms with E-state index >= 15 is 0 Å². The van der Waals surface area contributed by atoms with Crippen molar-refractivity contribution in [2.75, 3.05) is 33.4 Å². The molecule has 0 saturated carbocycles. The summed E-state index contributed by atoms with van der Waals surface area (Å²) in [4.78, 5) is 2.49. The first-order valence-electron chi connectivity index (χ1n) is 6.08. The van der Waals surface area contributed by atoms with E-state index in [0.717, 1.165) is 26.2 Å². The molecular formula is C12H28N2O. The van der Waals surface area contributed by atoms with Gasteiger partial charge in [-0.2, -0.15) is 0 Å². The Bertz CT molecular complexity index is 140. The Morgan fingerprint density at radius 2 is 1.87 bits per heavy atom. The highest BCUT2D eigenvalue weighted by Crippen LogP contribution is 2.02. The SMILES string of the molecule is CCC(C)N(CCNC(C)C)CCOC. The van der Waals surface area contributed by atoms with E-state index in [-0.39, 0.29) is 0 Å². The quantitative estimate of drug-likeness (QED) is 0.635. The number of ether oxygens (including phenoxy) is 1. The smallest absolute Gasteiger partial charge is 0.0589 e. The van der Waals surface area contributed by atoms with Gasteiger partial charge < -0.3 is 10.1 Å². The van der Waals surface area contributed by atoms with Crippen LogP contribution in [0.3, 0.4) is 0 Å². The molecule has 0 aliphatic heterocycles. The average Bonchev–Trinajstić information content (AvgIpc) is 2.21. The first-order valence-corrected chi connectivity index (χ1v) is 6.08. The minimum absolute atomic E-state index is 0.575. The summed E-state index contributed by atoms with van der Waals surface area (Å²) in [5, 5.41) is 3.45. The van der Waals surface area contributed by atoms with Crippen LogP contribution in [0, 0.1) is 0 Å². The van der Waals surface area contributed by atoms with Gasteiger partial charge in [-0.05, 0) is 13.3 Å². The first-order chi connectivity index (χ1) is 7.11. The molecule has 0 amide bonds. The molecular weight excluding hydrogens is 188 g/mol. The van der Waals surface area contributed by atoms with Crippen molar-refractivity contribution in [1.29, 1.82) is 0 Å². The lowest BCUT2D eigenvalue weighted by Crippen LogP contribution is -2.41. The maximum Gasteiger partial charge on any atom is 0.0589 e. The van der Waals surface area contributed by atoms with Crippen molar-refractivity contribution in [3.8, 4) is 0 Å². The average molecular weight is 216 g/mol. The van der Waals surface area contributed by atoms with Crippen molar-refractivity contribution in [2.24, 2.45) is 0 Å². The standard InChI is InChI=1S/C12H28N2O/c1-6-12(4)14(9-10-15-5)8-7-13-11(2)3/h11-13H,6-10H2,1-5H3. The zero-order valence-electron chi connectivity index (χ0n) is 11.0. The topological polar surface area (TPSA) is 24.5 Å². The summed E-state index contributed by atoms with van der Waals surface area (Å²) in [6.07, 6.45) is 1.20. The molecule has 0 aliphatic rings. The molecule has 92 valence electrons. The van der Waals surface area contributed by atoms with Gasteiger partial charge in [-0.15, -0.1) is 0 Å². The Labute approximate surface area is 95.2 Å². The molecule has 0 saturated heterocycles. The minimum atomic E-state index is 0.575. The van der Waals surface area contributed by atoms with Crippen molar-refractivity contribution in [3.05, 3.63) is 0 Å². The summed E-state index contributed by atoms with van der Waals surface area (Å²) in [5.41, 5.74) is 0. The molecule has 15 heavy (non-hydrogen) atoms. The maximum absolute atomic E-state index is 5.13. The van der Waals surface area contributed by atoms with E-state index in [0.29, 0.717) is 12.1 Å². The second-order valence-corrected chi connectivity index (χ2v) is 4.39. The normalized spacial score (nSPS) is 13.8. The molecule has 0 aromatic rings. The number of hydrogen-bond donors (Lipinski definition) is 1. The summed E-state index contributed by atoms with van der Waals surface area (Å²) in [5.74, 6) is 0. The molecule has 3 heteroatoms. The highest BCUT2D eigenvalue weighted by molar-refractivity contribution is 4.67. The Balaban J connectivity index is 3.79. The van der Waals surface area contributed by atoms with Crippen LogP contribution in [0.2, 0.25) is 0 Å². The maximum atomic E-state index is 5.13. The van der Waals surface area contributed by atoms with Gasteiger partial charge >= 0.3 is 0 Å². The number of methoxy groups -OCH3 is 1. The zero-order chi connectivity index (χ0) is 11.7. The summed E-state index contributed by atoms with van der Waals surface area (Å²) in [7, 11) is 1.77. The summed E-state index contributed by atoms with van der Waals surface area (Å²) >= 11 is 0. The van der Waals surface area contributed by atoms with Gasteiger partial charge in [0.1, 0.15) is 0 Å². The van der Waals surface area contributed by atoms with Gasteiger partial charge in [0, 0.05) is 38.8 Å². The fraction of sp³-hybridized carbons (Fsp3) is 1.00. The van der Waals surface area contributed by atoms with Crippen LogP contribution < -0.4 is 5.32 Å². The molecule has 3 nitrogen and oxygen atoms in total. The Morgan fingerprint density at radius 1 is 1.20 bits per heavy atom. The third-order valence-electron chi connectivity index (χ3n) is 2.75. The summed E-state index contributed by atoms with van der Waals surface area (Å²) in [6.45, 7) is 12.9. The molecule has 1 atom stereocenters. The molecule has 0 aliphatic carbocycles. The number of nitrogens with zero attached hydrogens (tertiary/aromatic N) is 1. The Hall–Kier alpha value is -0.120. The van der Waals surface area contributed by atoms with E-state index in [2.05, 4.69) is 37.9 Å². The second-order valence-electron chi connectivity index (χ2n) is 4.39. The van der Waals surface area contributed by atoms with Gasteiger partial charge in [0.15, 0.2) is 0 Å². The second kappa shape index (κ2) is 9.13. The van der Waals surface area contributed by atoms with Gasteiger partial charge in [-0.1, -0.05) is 20.8 Å². The molecule has 0 aromatic carbocycles. The van der Waals surface area contributed by atoms with Crippen LogP contribution in [0.1, 0.15) is 34.1 Å². The van der Waals surface area contributed by atoms with Gasteiger partial charge in [-0.25, -0.2) is 0 Å². The van der Waals surface area contributed by atoms with Crippen molar-refractivity contribution in [2.45, 2.75) is 46.2 Å². The van der Waals surface area contributed by atoms with E-state index in [9.17, 15) is 0 Å². The van der Waals surface area contributed by atoms with Crippen molar-refractivity contribution in [3.63, 3.8) is 0 Å². The van der Waals surface area contributed by atoms with Gasteiger partial charge in [-0.3, -0.25) is 4.90 Å². The lowest BCUT2D eigenvalue weighted by Gasteiger charge is -2.28. The van der Waals surface area contributed by atoms with Gasteiger partial charge in [0.25, 0.3) is 0 Å². The molecule has 1 unspecified atom stereocenters.